The molecule has 2 heterocycles. The number of nitrogens with two attached hydrogens (primary N) is 1. The maximum absolute atomic E-state index is 5.80. The Morgan fingerprint density at radius 2 is 2.11 bits per heavy atom. The first kappa shape index (κ1) is 12.7. The van der Waals surface area contributed by atoms with Gasteiger partial charge in [-0.25, -0.2) is 9.97 Å². The minimum Gasteiger partial charge on any atom is -0.382 e. The second-order valence-corrected chi connectivity index (χ2v) is 4.68. The van der Waals surface area contributed by atoms with Crippen molar-refractivity contribution in [1.29, 1.82) is 0 Å². The maximum atomic E-state index is 5.80. The van der Waals surface area contributed by atoms with Crippen molar-refractivity contribution in [3.05, 3.63) is 18.6 Å². The Bertz CT molecular complexity index is 515. The van der Waals surface area contributed by atoms with E-state index in [0.717, 1.165) is 24.3 Å². The number of imidazole rings is 1. The smallest absolute Gasteiger partial charge is 0.180 e. The molecule has 18 heavy (non-hydrogen) atoms. The number of rotatable bonds is 5. The lowest BCUT2D eigenvalue weighted by atomic mass is 9.95. The molecule has 0 radical (unpaired) electrons. The summed E-state index contributed by atoms with van der Waals surface area (Å²) < 4.78 is 1.89. The summed E-state index contributed by atoms with van der Waals surface area (Å²) in [5, 5.41) is 3.44. The predicted octanol–water partition coefficient (Wildman–Crippen LogP) is 2.55. The fourth-order valence-electron chi connectivity index (χ4n) is 2.38. The number of hydrogen-bond donors (Lipinski definition) is 2. The molecular weight excluding hydrogens is 226 g/mol. The molecular formula is C13H21N5. The Morgan fingerprint density at radius 3 is 2.78 bits per heavy atom. The Hall–Kier alpha value is -1.78. The van der Waals surface area contributed by atoms with Crippen LogP contribution in [0.1, 0.15) is 33.6 Å². The Labute approximate surface area is 107 Å². The first-order valence-electron chi connectivity index (χ1n) is 6.51. The van der Waals surface area contributed by atoms with Crippen molar-refractivity contribution in [3.8, 4) is 0 Å². The Balaban J connectivity index is 2.28. The van der Waals surface area contributed by atoms with Crippen molar-refractivity contribution in [2.24, 2.45) is 5.92 Å². The number of nitrogen functional groups attached to an aromatic ring is 1. The van der Waals surface area contributed by atoms with Gasteiger partial charge in [0, 0.05) is 18.4 Å². The first-order chi connectivity index (χ1) is 8.65. The molecule has 0 saturated heterocycles. The van der Waals surface area contributed by atoms with Crippen molar-refractivity contribution in [2.75, 3.05) is 11.1 Å². The first-order valence-corrected chi connectivity index (χ1v) is 6.51. The zero-order valence-corrected chi connectivity index (χ0v) is 11.2. The molecule has 1 unspecified atom stereocenters. The fraction of sp³-hybridized carbons (Fsp3) is 0.538. The summed E-state index contributed by atoms with van der Waals surface area (Å²) in [5.41, 5.74) is 6.62. The fourth-order valence-corrected chi connectivity index (χ4v) is 2.38. The van der Waals surface area contributed by atoms with Crippen LogP contribution >= 0.6 is 0 Å². The zero-order valence-electron chi connectivity index (χ0n) is 11.2. The molecule has 0 fully saturated rings. The van der Waals surface area contributed by atoms with Gasteiger partial charge in [-0.05, 0) is 12.8 Å². The van der Waals surface area contributed by atoms with Gasteiger partial charge < -0.3 is 15.5 Å². The minimum atomic E-state index is 0.356. The van der Waals surface area contributed by atoms with E-state index in [1.807, 2.05) is 10.6 Å². The van der Waals surface area contributed by atoms with Gasteiger partial charge in [0.2, 0.25) is 0 Å². The number of nitrogens with one attached hydrogen (secondary N) is 1. The summed E-state index contributed by atoms with van der Waals surface area (Å²) in [6.07, 6.45) is 7.70. The van der Waals surface area contributed by atoms with E-state index < -0.39 is 0 Å². The van der Waals surface area contributed by atoms with Gasteiger partial charge in [-0.1, -0.05) is 26.7 Å². The van der Waals surface area contributed by atoms with Crippen molar-refractivity contribution in [3.63, 3.8) is 0 Å². The minimum absolute atomic E-state index is 0.356. The van der Waals surface area contributed by atoms with E-state index in [9.17, 15) is 0 Å². The summed E-state index contributed by atoms with van der Waals surface area (Å²) >= 11 is 0. The Kier molecular flexibility index (Phi) is 3.69. The van der Waals surface area contributed by atoms with Gasteiger partial charge in [-0.2, -0.15) is 0 Å². The molecule has 2 aromatic heterocycles. The highest BCUT2D eigenvalue weighted by molar-refractivity contribution is 5.65. The van der Waals surface area contributed by atoms with Crippen molar-refractivity contribution in [1.82, 2.24) is 14.4 Å². The molecule has 2 rings (SSSR count). The second-order valence-electron chi connectivity index (χ2n) is 4.68. The topological polar surface area (TPSA) is 68.2 Å². The van der Waals surface area contributed by atoms with Crippen LogP contribution < -0.4 is 11.1 Å². The van der Waals surface area contributed by atoms with Crippen molar-refractivity contribution < 1.29 is 0 Å². The third kappa shape index (κ3) is 2.39. The lowest BCUT2D eigenvalue weighted by Gasteiger charge is -2.23. The standard InChI is InChI=1S/C13H21N5/c1-4-10(5-2)9(3)16-12-13-15-6-7-18(13)8-11(14)17-12/h6-10H,4-5,14H2,1-3H3,(H,16,17). The monoisotopic (exact) mass is 247 g/mol. The van der Waals surface area contributed by atoms with Gasteiger partial charge >= 0.3 is 0 Å². The van der Waals surface area contributed by atoms with Crippen molar-refractivity contribution in [2.45, 2.75) is 39.7 Å². The molecule has 5 heteroatoms. The molecule has 0 bridgehead atoms. The molecule has 1 atom stereocenters. The molecule has 0 amide bonds. The van der Waals surface area contributed by atoms with E-state index in [4.69, 9.17) is 5.73 Å². The zero-order chi connectivity index (χ0) is 13.1. The van der Waals surface area contributed by atoms with E-state index in [1.165, 1.54) is 0 Å². The number of anilines is 2. The van der Waals surface area contributed by atoms with E-state index in [-0.39, 0.29) is 0 Å². The van der Waals surface area contributed by atoms with Gasteiger partial charge in [-0.15, -0.1) is 0 Å². The van der Waals surface area contributed by atoms with E-state index in [2.05, 4.69) is 36.1 Å². The quantitative estimate of drug-likeness (QED) is 0.852. The average molecular weight is 247 g/mol. The predicted molar refractivity (Wildman–Crippen MR) is 74.6 cm³/mol. The van der Waals surface area contributed by atoms with Crippen LogP contribution in [-0.4, -0.2) is 20.4 Å². The highest BCUT2D eigenvalue weighted by atomic mass is 15.1. The molecule has 0 aromatic carbocycles. The molecule has 0 saturated carbocycles. The molecule has 0 aliphatic carbocycles. The van der Waals surface area contributed by atoms with Gasteiger partial charge in [-0.3, -0.25) is 0 Å². The van der Waals surface area contributed by atoms with Crippen LogP contribution in [0.2, 0.25) is 0 Å². The second kappa shape index (κ2) is 5.25. The van der Waals surface area contributed by atoms with E-state index in [1.54, 1.807) is 12.4 Å². The molecule has 0 spiro atoms. The van der Waals surface area contributed by atoms with Gasteiger partial charge in [0.25, 0.3) is 0 Å². The summed E-state index contributed by atoms with van der Waals surface area (Å²) in [4.78, 5) is 8.65. The van der Waals surface area contributed by atoms with Crippen LogP contribution in [0.25, 0.3) is 5.65 Å². The Morgan fingerprint density at radius 1 is 1.39 bits per heavy atom. The molecule has 5 nitrogen and oxygen atoms in total. The van der Waals surface area contributed by atoms with Gasteiger partial charge in [0.15, 0.2) is 11.5 Å². The lowest BCUT2D eigenvalue weighted by Crippen LogP contribution is -2.26. The average Bonchev–Trinajstić information content (AvgIpc) is 2.78. The van der Waals surface area contributed by atoms with E-state index in [0.29, 0.717) is 17.8 Å². The molecule has 0 aliphatic heterocycles. The van der Waals surface area contributed by atoms with Gasteiger partial charge in [0.05, 0.1) is 6.20 Å². The highest BCUT2D eigenvalue weighted by Gasteiger charge is 2.15. The molecule has 3 N–H and O–H groups in total. The largest absolute Gasteiger partial charge is 0.382 e. The maximum Gasteiger partial charge on any atom is 0.180 e. The van der Waals surface area contributed by atoms with Gasteiger partial charge in [0.1, 0.15) is 5.82 Å². The SMILES string of the molecule is CCC(CC)C(C)Nc1nc(N)cn2ccnc12. The third-order valence-corrected chi connectivity index (χ3v) is 3.51. The van der Waals surface area contributed by atoms with Crippen LogP contribution in [0.3, 0.4) is 0 Å². The normalized spacial score (nSPS) is 13.1. The number of hydrogen-bond acceptors (Lipinski definition) is 4. The summed E-state index contributed by atoms with van der Waals surface area (Å²) in [5.74, 6) is 1.89. The molecule has 98 valence electrons. The summed E-state index contributed by atoms with van der Waals surface area (Å²) in [6, 6.07) is 0.356. The van der Waals surface area contributed by atoms with E-state index >= 15 is 0 Å². The van der Waals surface area contributed by atoms with Crippen LogP contribution in [0.5, 0.6) is 0 Å². The lowest BCUT2D eigenvalue weighted by molar-refractivity contribution is 0.437. The number of fused-ring (bicyclic) bond motifs is 1. The van der Waals surface area contributed by atoms with Crippen LogP contribution in [-0.2, 0) is 0 Å². The summed E-state index contributed by atoms with van der Waals surface area (Å²) in [6.45, 7) is 6.61. The third-order valence-electron chi connectivity index (χ3n) is 3.51. The number of aromatic nitrogens is 3. The van der Waals surface area contributed by atoms with Crippen molar-refractivity contribution >= 4 is 17.3 Å². The summed E-state index contributed by atoms with van der Waals surface area (Å²) in [7, 11) is 0. The van der Waals surface area contributed by atoms with Crippen LogP contribution in [0.4, 0.5) is 11.6 Å². The number of nitrogens with zero attached hydrogens (tertiary/aromatic N) is 3. The molecule has 2 aromatic rings. The van der Waals surface area contributed by atoms with Crippen LogP contribution in [0.15, 0.2) is 18.6 Å². The van der Waals surface area contributed by atoms with Crippen LogP contribution in [0, 0.1) is 5.92 Å². The highest BCUT2D eigenvalue weighted by Crippen LogP contribution is 2.20. The molecule has 0 aliphatic rings.